The molecule has 6 heteroatoms. The van der Waals surface area contributed by atoms with Crippen LogP contribution in [0.5, 0.6) is 11.5 Å². The smallest absolute Gasteiger partial charge is 0.251 e. The predicted octanol–water partition coefficient (Wildman–Crippen LogP) is 2.56. The number of piperidine rings is 1. The van der Waals surface area contributed by atoms with Crippen molar-refractivity contribution < 1.29 is 19.0 Å². The minimum atomic E-state index is -0.307. The SMILES string of the molecule is CC(C)C1OC2(CCN(CCC3COc4ccccc4O3)CC2)CN(C)C1=O. The molecule has 1 aromatic rings. The van der Waals surface area contributed by atoms with Crippen molar-refractivity contribution in [2.75, 3.05) is 39.8 Å². The van der Waals surface area contributed by atoms with Gasteiger partial charge < -0.3 is 24.0 Å². The first kappa shape index (κ1) is 19.5. The van der Waals surface area contributed by atoms with Crippen LogP contribution in [0.2, 0.25) is 0 Å². The van der Waals surface area contributed by atoms with Crippen molar-refractivity contribution in [2.45, 2.75) is 50.9 Å². The highest BCUT2D eigenvalue weighted by Gasteiger charge is 2.46. The number of likely N-dealkylation sites (tertiary alicyclic amines) is 1. The van der Waals surface area contributed by atoms with E-state index in [1.807, 2.05) is 36.2 Å². The molecular formula is C22H32N2O4. The number of hydrogen-bond donors (Lipinski definition) is 0. The molecule has 0 aliphatic carbocycles. The minimum absolute atomic E-state index is 0.103. The molecule has 154 valence electrons. The van der Waals surface area contributed by atoms with Gasteiger partial charge in [-0.3, -0.25) is 4.79 Å². The third-order valence-corrected chi connectivity index (χ3v) is 6.23. The van der Waals surface area contributed by atoms with Gasteiger partial charge >= 0.3 is 0 Å². The molecule has 0 aromatic heterocycles. The fourth-order valence-corrected chi connectivity index (χ4v) is 4.50. The molecule has 3 aliphatic rings. The topological polar surface area (TPSA) is 51.2 Å². The lowest BCUT2D eigenvalue weighted by molar-refractivity contribution is -0.197. The first-order valence-corrected chi connectivity index (χ1v) is 10.5. The van der Waals surface area contributed by atoms with E-state index in [0.717, 1.165) is 50.4 Å². The molecule has 0 bridgehead atoms. The van der Waals surface area contributed by atoms with Crippen LogP contribution in [-0.2, 0) is 9.53 Å². The quantitative estimate of drug-likeness (QED) is 0.794. The fourth-order valence-electron chi connectivity index (χ4n) is 4.50. The van der Waals surface area contributed by atoms with Gasteiger partial charge in [0, 0.05) is 39.6 Å². The molecule has 0 radical (unpaired) electrons. The molecule has 2 atom stereocenters. The van der Waals surface area contributed by atoms with Gasteiger partial charge in [-0.25, -0.2) is 0 Å². The molecule has 3 heterocycles. The Hall–Kier alpha value is -1.79. The van der Waals surface area contributed by atoms with E-state index in [4.69, 9.17) is 14.2 Å². The highest BCUT2D eigenvalue weighted by molar-refractivity contribution is 5.81. The van der Waals surface area contributed by atoms with Gasteiger partial charge in [0.2, 0.25) is 0 Å². The molecule has 0 saturated carbocycles. The number of morpholine rings is 1. The first-order valence-electron chi connectivity index (χ1n) is 10.5. The third-order valence-electron chi connectivity index (χ3n) is 6.23. The second kappa shape index (κ2) is 7.91. The molecule has 1 spiro atoms. The van der Waals surface area contributed by atoms with Crippen LogP contribution >= 0.6 is 0 Å². The number of amides is 1. The normalized spacial score (nSPS) is 27.4. The van der Waals surface area contributed by atoms with E-state index in [-0.39, 0.29) is 29.6 Å². The number of benzene rings is 1. The van der Waals surface area contributed by atoms with Crippen molar-refractivity contribution in [3.63, 3.8) is 0 Å². The van der Waals surface area contributed by atoms with Gasteiger partial charge in [-0.15, -0.1) is 0 Å². The summed E-state index contributed by atoms with van der Waals surface area (Å²) in [5.41, 5.74) is -0.183. The van der Waals surface area contributed by atoms with E-state index in [1.54, 1.807) is 0 Å². The summed E-state index contributed by atoms with van der Waals surface area (Å²) < 4.78 is 18.3. The summed E-state index contributed by atoms with van der Waals surface area (Å²) in [4.78, 5) is 16.7. The standard InChI is InChI=1S/C22H32N2O4/c1-16(2)20-21(25)23(3)15-22(28-20)9-12-24(13-10-22)11-8-17-14-26-18-6-4-5-7-19(18)27-17/h4-7,16-17,20H,8-15H2,1-3H3. The molecule has 1 aromatic carbocycles. The summed E-state index contributed by atoms with van der Waals surface area (Å²) in [5, 5.41) is 0. The molecule has 3 aliphatic heterocycles. The van der Waals surface area contributed by atoms with Crippen molar-refractivity contribution >= 4 is 5.91 Å². The number of fused-ring (bicyclic) bond motifs is 1. The Kier molecular flexibility index (Phi) is 5.52. The summed E-state index contributed by atoms with van der Waals surface area (Å²) >= 11 is 0. The Morgan fingerprint density at radius 1 is 1.18 bits per heavy atom. The maximum atomic E-state index is 12.4. The summed E-state index contributed by atoms with van der Waals surface area (Å²) in [7, 11) is 1.91. The maximum absolute atomic E-state index is 12.4. The van der Waals surface area contributed by atoms with Gasteiger partial charge in [0.15, 0.2) is 11.5 Å². The van der Waals surface area contributed by atoms with Gasteiger partial charge in [-0.1, -0.05) is 26.0 Å². The number of likely N-dealkylation sites (N-methyl/N-ethyl adjacent to an activating group) is 1. The van der Waals surface area contributed by atoms with E-state index in [9.17, 15) is 4.79 Å². The average molecular weight is 389 g/mol. The van der Waals surface area contributed by atoms with Crippen LogP contribution in [0, 0.1) is 5.92 Å². The van der Waals surface area contributed by atoms with Gasteiger partial charge in [-0.05, 0) is 30.9 Å². The summed E-state index contributed by atoms with van der Waals surface area (Å²) in [5.74, 6) is 2.01. The highest BCUT2D eigenvalue weighted by Crippen LogP contribution is 2.35. The summed E-state index contributed by atoms with van der Waals surface area (Å²) in [6, 6.07) is 7.86. The number of para-hydroxylation sites is 2. The monoisotopic (exact) mass is 388 g/mol. The van der Waals surface area contributed by atoms with Crippen LogP contribution in [0.25, 0.3) is 0 Å². The van der Waals surface area contributed by atoms with Crippen molar-refractivity contribution in [1.82, 2.24) is 9.80 Å². The lowest BCUT2D eigenvalue weighted by Crippen LogP contribution is -2.62. The second-order valence-corrected chi connectivity index (χ2v) is 8.79. The zero-order chi connectivity index (χ0) is 19.7. The molecule has 0 N–H and O–H groups in total. The van der Waals surface area contributed by atoms with E-state index in [1.165, 1.54) is 0 Å². The largest absolute Gasteiger partial charge is 0.486 e. The number of ether oxygens (including phenoxy) is 3. The molecule has 1 amide bonds. The molecule has 4 rings (SSSR count). The van der Waals surface area contributed by atoms with E-state index >= 15 is 0 Å². The highest BCUT2D eigenvalue weighted by atomic mass is 16.6. The van der Waals surface area contributed by atoms with Gasteiger partial charge in [-0.2, -0.15) is 0 Å². The number of carbonyl (C=O) groups is 1. The first-order chi connectivity index (χ1) is 13.5. The summed E-state index contributed by atoms with van der Waals surface area (Å²) in [6.07, 6.45) is 2.69. The Labute approximate surface area is 167 Å². The molecule has 2 unspecified atom stereocenters. The van der Waals surface area contributed by atoms with Gasteiger partial charge in [0.05, 0.1) is 5.60 Å². The molecule has 28 heavy (non-hydrogen) atoms. The Bertz CT molecular complexity index is 700. The zero-order valence-corrected chi connectivity index (χ0v) is 17.2. The van der Waals surface area contributed by atoms with Crippen LogP contribution in [-0.4, -0.2) is 73.3 Å². The predicted molar refractivity (Wildman–Crippen MR) is 107 cm³/mol. The number of nitrogens with zero attached hydrogens (tertiary/aromatic N) is 2. The lowest BCUT2D eigenvalue weighted by Gasteiger charge is -2.49. The maximum Gasteiger partial charge on any atom is 0.251 e. The average Bonchev–Trinajstić information content (AvgIpc) is 2.70. The van der Waals surface area contributed by atoms with Crippen molar-refractivity contribution in [1.29, 1.82) is 0 Å². The van der Waals surface area contributed by atoms with Crippen molar-refractivity contribution in [3.05, 3.63) is 24.3 Å². The van der Waals surface area contributed by atoms with Crippen LogP contribution in [0.1, 0.15) is 33.1 Å². The minimum Gasteiger partial charge on any atom is -0.486 e. The Balaban J connectivity index is 1.27. The number of rotatable bonds is 4. The van der Waals surface area contributed by atoms with Crippen LogP contribution in [0.15, 0.2) is 24.3 Å². The Morgan fingerprint density at radius 2 is 1.89 bits per heavy atom. The number of carbonyl (C=O) groups excluding carboxylic acids is 1. The van der Waals surface area contributed by atoms with E-state index in [2.05, 4.69) is 18.7 Å². The Morgan fingerprint density at radius 3 is 2.61 bits per heavy atom. The van der Waals surface area contributed by atoms with Crippen LogP contribution in [0.3, 0.4) is 0 Å². The molecule has 6 nitrogen and oxygen atoms in total. The van der Waals surface area contributed by atoms with Crippen molar-refractivity contribution in [3.8, 4) is 11.5 Å². The van der Waals surface area contributed by atoms with E-state index in [0.29, 0.717) is 13.2 Å². The zero-order valence-electron chi connectivity index (χ0n) is 17.2. The van der Waals surface area contributed by atoms with Crippen LogP contribution < -0.4 is 9.47 Å². The van der Waals surface area contributed by atoms with Gasteiger partial charge in [0.1, 0.15) is 18.8 Å². The third kappa shape index (κ3) is 3.98. The molecule has 2 saturated heterocycles. The van der Waals surface area contributed by atoms with Crippen LogP contribution in [0.4, 0.5) is 0 Å². The summed E-state index contributed by atoms with van der Waals surface area (Å²) in [6.45, 7) is 8.44. The van der Waals surface area contributed by atoms with Crippen molar-refractivity contribution in [2.24, 2.45) is 5.92 Å². The lowest BCUT2D eigenvalue weighted by atomic mass is 9.87. The van der Waals surface area contributed by atoms with Gasteiger partial charge in [0.25, 0.3) is 5.91 Å². The van der Waals surface area contributed by atoms with E-state index < -0.39 is 0 Å². The second-order valence-electron chi connectivity index (χ2n) is 8.79. The fraction of sp³-hybridized carbons (Fsp3) is 0.682. The molecular weight excluding hydrogens is 356 g/mol. The molecule has 2 fully saturated rings. The number of hydrogen-bond acceptors (Lipinski definition) is 5.